The van der Waals surface area contributed by atoms with Gasteiger partial charge in [-0.15, -0.1) is 0 Å². The van der Waals surface area contributed by atoms with Gasteiger partial charge in [-0.2, -0.15) is 0 Å². The summed E-state index contributed by atoms with van der Waals surface area (Å²) >= 11 is 0. The number of benzene rings is 1. The average molecular weight is 398 g/mol. The summed E-state index contributed by atoms with van der Waals surface area (Å²) in [6, 6.07) is 11.6. The zero-order chi connectivity index (χ0) is 21.0. The monoisotopic (exact) mass is 397 g/mol. The first-order chi connectivity index (χ1) is 13.8. The fourth-order valence-corrected chi connectivity index (χ4v) is 3.81. The number of hydrogen-bond donors (Lipinski definition) is 1. The van der Waals surface area contributed by atoms with Crippen LogP contribution < -0.4 is 5.56 Å². The van der Waals surface area contributed by atoms with Crippen molar-refractivity contribution in [3.8, 4) is 0 Å². The summed E-state index contributed by atoms with van der Waals surface area (Å²) < 4.78 is 1.47. The summed E-state index contributed by atoms with van der Waals surface area (Å²) in [5, 5.41) is 11.0. The number of amides is 1. The molecule has 2 aromatic rings. The standard InChI is InChI=1S/C23H31N3O3/c1-17(2)20-14-22(28)26(16-24-20)15-23(29)9-11-25(12-10-23)21(27)13-18(3)19-7-5-4-6-8-19/h4-8,14,16-18,29H,9-13,15H2,1-3H3/t18-/m1/s1. The Labute approximate surface area is 172 Å². The fraction of sp³-hybridized carbons (Fsp3) is 0.522. The normalized spacial score (nSPS) is 17.3. The van der Waals surface area contributed by atoms with Crippen LogP contribution in [0.5, 0.6) is 0 Å². The van der Waals surface area contributed by atoms with Crippen LogP contribution in [0.25, 0.3) is 0 Å². The molecule has 1 aromatic carbocycles. The van der Waals surface area contributed by atoms with Crippen molar-refractivity contribution in [3.63, 3.8) is 0 Å². The van der Waals surface area contributed by atoms with E-state index in [9.17, 15) is 14.7 Å². The summed E-state index contributed by atoms with van der Waals surface area (Å²) in [6.07, 6.45) is 2.89. The van der Waals surface area contributed by atoms with E-state index in [-0.39, 0.29) is 29.8 Å². The number of piperidine rings is 1. The average Bonchev–Trinajstić information content (AvgIpc) is 2.70. The van der Waals surface area contributed by atoms with E-state index >= 15 is 0 Å². The Balaban J connectivity index is 1.56. The molecule has 6 nitrogen and oxygen atoms in total. The first-order valence-electron chi connectivity index (χ1n) is 10.4. The van der Waals surface area contributed by atoms with Crippen LogP contribution in [-0.2, 0) is 11.3 Å². The highest BCUT2D eigenvalue weighted by Crippen LogP contribution is 2.26. The molecule has 156 valence electrons. The molecule has 0 unspecified atom stereocenters. The molecule has 1 aliphatic heterocycles. The highest BCUT2D eigenvalue weighted by Gasteiger charge is 2.34. The van der Waals surface area contributed by atoms with E-state index in [4.69, 9.17) is 0 Å². The highest BCUT2D eigenvalue weighted by atomic mass is 16.3. The molecular weight excluding hydrogens is 366 g/mol. The lowest BCUT2D eigenvalue weighted by molar-refractivity contribution is -0.136. The van der Waals surface area contributed by atoms with Crippen LogP contribution in [0.1, 0.15) is 63.1 Å². The maximum atomic E-state index is 12.7. The first-order valence-corrected chi connectivity index (χ1v) is 10.4. The van der Waals surface area contributed by atoms with Crippen LogP contribution in [0.3, 0.4) is 0 Å². The van der Waals surface area contributed by atoms with Gasteiger partial charge >= 0.3 is 0 Å². The smallest absolute Gasteiger partial charge is 0.253 e. The molecular formula is C23H31N3O3. The third-order valence-corrected chi connectivity index (χ3v) is 5.85. The summed E-state index contributed by atoms with van der Waals surface area (Å²) in [4.78, 5) is 31.2. The molecule has 6 heteroatoms. The van der Waals surface area contributed by atoms with Crippen molar-refractivity contribution >= 4 is 5.91 Å². The minimum absolute atomic E-state index is 0.114. The zero-order valence-corrected chi connectivity index (χ0v) is 17.5. The molecule has 0 aliphatic carbocycles. The fourth-order valence-electron chi connectivity index (χ4n) is 3.81. The van der Waals surface area contributed by atoms with Gasteiger partial charge < -0.3 is 10.0 Å². The van der Waals surface area contributed by atoms with Gasteiger partial charge in [-0.1, -0.05) is 51.1 Å². The number of aliphatic hydroxyl groups is 1. The molecule has 1 amide bonds. The molecule has 2 heterocycles. The summed E-state index contributed by atoms with van der Waals surface area (Å²) in [6.45, 7) is 7.26. The van der Waals surface area contributed by atoms with Gasteiger partial charge in [-0.3, -0.25) is 14.2 Å². The summed E-state index contributed by atoms with van der Waals surface area (Å²) in [7, 11) is 0. The molecule has 1 N–H and O–H groups in total. The largest absolute Gasteiger partial charge is 0.388 e. The number of carbonyl (C=O) groups is 1. The zero-order valence-electron chi connectivity index (χ0n) is 17.5. The Morgan fingerprint density at radius 3 is 2.41 bits per heavy atom. The molecule has 0 radical (unpaired) electrons. The van der Waals surface area contributed by atoms with Crippen LogP contribution in [0.4, 0.5) is 0 Å². The second kappa shape index (κ2) is 8.91. The Kier molecular flexibility index (Phi) is 6.52. The van der Waals surface area contributed by atoms with Gasteiger partial charge in [0.25, 0.3) is 5.56 Å². The van der Waals surface area contributed by atoms with Crippen LogP contribution >= 0.6 is 0 Å². The van der Waals surface area contributed by atoms with Crippen molar-refractivity contribution in [3.05, 3.63) is 64.3 Å². The SMILES string of the molecule is CC(C)c1cc(=O)n(CC2(O)CCN(C(=O)C[C@@H](C)c3ccccc3)CC2)cn1. The third-order valence-electron chi connectivity index (χ3n) is 5.85. The van der Waals surface area contributed by atoms with Crippen molar-refractivity contribution < 1.29 is 9.90 Å². The van der Waals surface area contributed by atoms with E-state index in [0.717, 1.165) is 11.3 Å². The number of likely N-dealkylation sites (tertiary alicyclic amines) is 1. The number of nitrogens with zero attached hydrogens (tertiary/aromatic N) is 3. The van der Waals surface area contributed by atoms with Gasteiger partial charge in [-0.05, 0) is 30.2 Å². The van der Waals surface area contributed by atoms with Crippen molar-refractivity contribution in [1.29, 1.82) is 0 Å². The summed E-state index contributed by atoms with van der Waals surface area (Å²) in [5.41, 5.74) is 0.775. The lowest BCUT2D eigenvalue weighted by atomic mass is 9.90. The Hall–Kier alpha value is -2.47. The Morgan fingerprint density at radius 1 is 1.17 bits per heavy atom. The minimum atomic E-state index is -0.993. The molecule has 1 atom stereocenters. The molecule has 1 saturated heterocycles. The van der Waals surface area contributed by atoms with Crippen LogP contribution in [0, 0.1) is 0 Å². The maximum Gasteiger partial charge on any atom is 0.253 e. The van der Waals surface area contributed by atoms with Crippen molar-refractivity contribution in [2.45, 2.75) is 64.0 Å². The lowest BCUT2D eigenvalue weighted by Gasteiger charge is -2.38. The van der Waals surface area contributed by atoms with Crippen molar-refractivity contribution in [2.75, 3.05) is 13.1 Å². The van der Waals surface area contributed by atoms with E-state index < -0.39 is 5.60 Å². The van der Waals surface area contributed by atoms with Crippen molar-refractivity contribution in [1.82, 2.24) is 14.5 Å². The quantitative estimate of drug-likeness (QED) is 0.813. The van der Waals surface area contributed by atoms with Crippen molar-refractivity contribution in [2.24, 2.45) is 0 Å². The molecule has 0 saturated carbocycles. The number of hydrogen-bond acceptors (Lipinski definition) is 4. The molecule has 0 spiro atoms. The van der Waals surface area contributed by atoms with Gasteiger partial charge in [0, 0.05) is 25.6 Å². The van der Waals surface area contributed by atoms with Gasteiger partial charge in [-0.25, -0.2) is 4.98 Å². The molecule has 0 bridgehead atoms. The predicted octanol–water partition coefficient (Wildman–Crippen LogP) is 2.91. The molecule has 3 rings (SSSR count). The Bertz CT molecular complexity index is 884. The minimum Gasteiger partial charge on any atom is -0.388 e. The second-order valence-electron chi connectivity index (χ2n) is 8.56. The second-order valence-corrected chi connectivity index (χ2v) is 8.56. The van der Waals surface area contributed by atoms with Crippen LogP contribution in [-0.4, -0.2) is 44.2 Å². The molecule has 29 heavy (non-hydrogen) atoms. The number of aromatic nitrogens is 2. The van der Waals surface area contributed by atoms with Gasteiger partial charge in [0.1, 0.15) is 0 Å². The summed E-state index contributed by atoms with van der Waals surface area (Å²) in [5.74, 6) is 0.463. The van der Waals surface area contributed by atoms with Gasteiger partial charge in [0.2, 0.25) is 5.91 Å². The van der Waals surface area contributed by atoms with Crippen LogP contribution in [0.15, 0.2) is 47.5 Å². The van der Waals surface area contributed by atoms with E-state index in [0.29, 0.717) is 32.4 Å². The van der Waals surface area contributed by atoms with Crippen LogP contribution in [0.2, 0.25) is 0 Å². The van der Waals surface area contributed by atoms with E-state index in [1.807, 2.05) is 49.1 Å². The van der Waals surface area contributed by atoms with E-state index in [1.54, 1.807) is 0 Å². The van der Waals surface area contributed by atoms with E-state index in [1.165, 1.54) is 17.0 Å². The highest BCUT2D eigenvalue weighted by molar-refractivity contribution is 5.77. The third kappa shape index (κ3) is 5.32. The Morgan fingerprint density at radius 2 is 1.83 bits per heavy atom. The molecule has 1 aromatic heterocycles. The van der Waals surface area contributed by atoms with Gasteiger partial charge in [0.15, 0.2) is 0 Å². The first kappa shape index (κ1) is 21.2. The van der Waals surface area contributed by atoms with Gasteiger partial charge in [0.05, 0.1) is 24.2 Å². The predicted molar refractivity (Wildman–Crippen MR) is 113 cm³/mol. The van der Waals surface area contributed by atoms with E-state index in [2.05, 4.69) is 11.9 Å². The topological polar surface area (TPSA) is 75.4 Å². The molecule has 1 aliphatic rings. The molecule has 1 fully saturated rings. The number of carbonyl (C=O) groups excluding carboxylic acids is 1. The maximum absolute atomic E-state index is 12.7. The lowest BCUT2D eigenvalue weighted by Crippen LogP contribution is -2.49. The number of rotatable bonds is 6.